The monoisotopic (exact) mass is 221 g/mol. The van der Waals surface area contributed by atoms with Crippen LogP contribution in [0.3, 0.4) is 0 Å². The van der Waals surface area contributed by atoms with Crippen molar-refractivity contribution in [1.82, 2.24) is 5.32 Å². The molecule has 0 saturated carbocycles. The fraction of sp³-hybridized carbons (Fsp3) is 0.417. The van der Waals surface area contributed by atoms with Crippen molar-refractivity contribution in [2.75, 3.05) is 7.11 Å². The molecule has 0 fully saturated rings. The molecule has 4 nitrogen and oxygen atoms in total. The van der Waals surface area contributed by atoms with E-state index < -0.39 is 12.2 Å². The molecule has 86 valence electrons. The fourth-order valence-electron chi connectivity index (χ4n) is 2.08. The highest BCUT2D eigenvalue weighted by Gasteiger charge is 2.32. The molecule has 0 spiro atoms. The number of nitrogens with one attached hydrogen (secondary N) is 1. The van der Waals surface area contributed by atoms with Crippen LogP contribution in [0.25, 0.3) is 0 Å². The lowest BCUT2D eigenvalue weighted by atomic mass is 10.1. The van der Waals surface area contributed by atoms with Crippen molar-refractivity contribution < 1.29 is 14.6 Å². The summed E-state index contributed by atoms with van der Waals surface area (Å²) in [6.45, 7) is 1.98. The summed E-state index contributed by atoms with van der Waals surface area (Å²) in [7, 11) is 1.31. The lowest BCUT2D eigenvalue weighted by Gasteiger charge is -2.15. The van der Waals surface area contributed by atoms with Gasteiger partial charge in [-0.25, -0.2) is 4.79 Å². The molecule has 1 aromatic carbocycles. The zero-order valence-electron chi connectivity index (χ0n) is 9.36. The predicted molar refractivity (Wildman–Crippen MR) is 59.2 cm³/mol. The number of ether oxygens (including phenoxy) is 1. The minimum atomic E-state index is -0.644. The normalized spacial score (nSPS) is 22.7. The molecule has 0 aromatic heterocycles. The Bertz CT molecular complexity index is 417. The zero-order chi connectivity index (χ0) is 11.7. The van der Waals surface area contributed by atoms with Crippen LogP contribution in [0.5, 0.6) is 0 Å². The number of fused-ring (bicyclic) bond motifs is 1. The molecule has 1 aliphatic carbocycles. The number of carbonyl (C=O) groups excluding carboxylic acids is 1. The van der Waals surface area contributed by atoms with Crippen LogP contribution in [-0.2, 0) is 11.2 Å². The SMILES string of the molecule is COC(=O)N[C@H]1Cc2ccc(C)cc2[C@@H]1O. The number of carbonyl (C=O) groups is 1. The van der Waals surface area contributed by atoms with E-state index >= 15 is 0 Å². The first kappa shape index (κ1) is 11.0. The van der Waals surface area contributed by atoms with Crippen molar-refractivity contribution in [1.29, 1.82) is 0 Å². The smallest absolute Gasteiger partial charge is 0.407 e. The molecule has 2 atom stereocenters. The number of methoxy groups -OCH3 is 1. The van der Waals surface area contributed by atoms with Crippen LogP contribution in [0.1, 0.15) is 22.8 Å². The fourth-order valence-corrected chi connectivity index (χ4v) is 2.08. The number of rotatable bonds is 1. The van der Waals surface area contributed by atoms with Crippen LogP contribution in [0.4, 0.5) is 4.79 Å². The molecule has 0 bridgehead atoms. The third-order valence-corrected chi connectivity index (χ3v) is 2.93. The van der Waals surface area contributed by atoms with Crippen molar-refractivity contribution in [3.63, 3.8) is 0 Å². The van der Waals surface area contributed by atoms with Gasteiger partial charge in [0.2, 0.25) is 0 Å². The number of hydrogen-bond acceptors (Lipinski definition) is 3. The standard InChI is InChI=1S/C12H15NO3/c1-7-3-4-8-6-10(13-12(15)16-2)11(14)9(8)5-7/h3-5,10-11,14H,6H2,1-2H3,(H,13,15)/t10-,11-/m0/s1. The van der Waals surface area contributed by atoms with Gasteiger partial charge in [0, 0.05) is 0 Å². The van der Waals surface area contributed by atoms with E-state index in [9.17, 15) is 9.90 Å². The maximum Gasteiger partial charge on any atom is 0.407 e. The lowest BCUT2D eigenvalue weighted by Crippen LogP contribution is -2.37. The molecule has 0 saturated heterocycles. The van der Waals surface area contributed by atoms with E-state index in [2.05, 4.69) is 10.1 Å². The minimum Gasteiger partial charge on any atom is -0.453 e. The van der Waals surface area contributed by atoms with E-state index in [1.807, 2.05) is 25.1 Å². The van der Waals surface area contributed by atoms with Crippen LogP contribution in [0.2, 0.25) is 0 Å². The highest BCUT2D eigenvalue weighted by molar-refractivity contribution is 5.67. The van der Waals surface area contributed by atoms with Crippen molar-refractivity contribution in [2.45, 2.75) is 25.5 Å². The van der Waals surface area contributed by atoms with Gasteiger partial charge in [0.1, 0.15) is 0 Å². The van der Waals surface area contributed by atoms with Crippen LogP contribution in [0.15, 0.2) is 18.2 Å². The summed E-state index contributed by atoms with van der Waals surface area (Å²) >= 11 is 0. The summed E-state index contributed by atoms with van der Waals surface area (Å²) in [4.78, 5) is 11.1. The van der Waals surface area contributed by atoms with Crippen molar-refractivity contribution in [2.24, 2.45) is 0 Å². The molecular weight excluding hydrogens is 206 g/mol. The number of alkyl carbamates (subject to hydrolysis) is 1. The number of amides is 1. The first-order chi connectivity index (χ1) is 7.61. The number of aliphatic hydroxyl groups excluding tert-OH is 1. The molecule has 16 heavy (non-hydrogen) atoms. The number of benzene rings is 1. The third-order valence-electron chi connectivity index (χ3n) is 2.93. The van der Waals surface area contributed by atoms with Crippen LogP contribution in [-0.4, -0.2) is 24.4 Å². The van der Waals surface area contributed by atoms with Crippen molar-refractivity contribution in [3.8, 4) is 0 Å². The van der Waals surface area contributed by atoms with Crippen molar-refractivity contribution in [3.05, 3.63) is 34.9 Å². The van der Waals surface area contributed by atoms with Gasteiger partial charge in [0.05, 0.1) is 19.3 Å². The molecule has 2 N–H and O–H groups in total. The Morgan fingerprint density at radius 1 is 1.56 bits per heavy atom. The van der Waals surface area contributed by atoms with Crippen LogP contribution >= 0.6 is 0 Å². The average Bonchev–Trinajstić information content (AvgIpc) is 2.56. The van der Waals surface area contributed by atoms with E-state index in [1.54, 1.807) is 0 Å². The van der Waals surface area contributed by atoms with E-state index in [4.69, 9.17) is 0 Å². The second kappa shape index (κ2) is 4.14. The summed E-state index contributed by atoms with van der Waals surface area (Å²) in [5, 5.41) is 12.7. The van der Waals surface area contributed by atoms with E-state index in [-0.39, 0.29) is 6.04 Å². The highest BCUT2D eigenvalue weighted by Crippen LogP contribution is 2.31. The van der Waals surface area contributed by atoms with Gasteiger partial charge >= 0.3 is 6.09 Å². The maximum absolute atomic E-state index is 11.1. The predicted octanol–water partition coefficient (Wildman–Crippen LogP) is 1.31. The maximum atomic E-state index is 11.1. The topological polar surface area (TPSA) is 58.6 Å². The molecule has 0 unspecified atom stereocenters. The molecule has 2 rings (SSSR count). The Morgan fingerprint density at radius 3 is 3.00 bits per heavy atom. The summed E-state index contributed by atoms with van der Waals surface area (Å²) in [6.07, 6.45) is -0.506. The molecule has 4 heteroatoms. The third kappa shape index (κ3) is 1.88. The molecule has 0 heterocycles. The van der Waals surface area contributed by atoms with E-state index in [1.165, 1.54) is 7.11 Å². The Hall–Kier alpha value is -1.55. The first-order valence-electron chi connectivity index (χ1n) is 5.24. The Balaban J connectivity index is 2.17. The number of aryl methyl sites for hydroxylation is 1. The Labute approximate surface area is 94.2 Å². The molecule has 1 amide bonds. The minimum absolute atomic E-state index is 0.288. The number of aliphatic hydroxyl groups is 1. The van der Waals surface area contributed by atoms with E-state index in [0.29, 0.717) is 6.42 Å². The van der Waals surface area contributed by atoms with Gasteiger partial charge in [-0.05, 0) is 24.5 Å². The molecule has 1 aromatic rings. The Morgan fingerprint density at radius 2 is 2.31 bits per heavy atom. The summed E-state index contributed by atoms with van der Waals surface area (Å²) < 4.78 is 4.52. The molecular formula is C12H15NO3. The summed E-state index contributed by atoms with van der Waals surface area (Å²) in [5.41, 5.74) is 3.09. The van der Waals surface area contributed by atoms with Gasteiger partial charge in [0.25, 0.3) is 0 Å². The average molecular weight is 221 g/mol. The van der Waals surface area contributed by atoms with Gasteiger partial charge in [0.15, 0.2) is 0 Å². The Kier molecular flexibility index (Phi) is 2.83. The molecule has 0 radical (unpaired) electrons. The molecule has 0 aliphatic heterocycles. The van der Waals surface area contributed by atoms with E-state index in [0.717, 1.165) is 16.7 Å². The van der Waals surface area contributed by atoms with Gasteiger partial charge in [-0.15, -0.1) is 0 Å². The summed E-state index contributed by atoms with van der Waals surface area (Å²) in [5.74, 6) is 0. The lowest BCUT2D eigenvalue weighted by molar-refractivity contribution is 0.124. The van der Waals surface area contributed by atoms with Gasteiger partial charge in [-0.1, -0.05) is 23.8 Å². The number of hydrogen-bond donors (Lipinski definition) is 2. The second-order valence-electron chi connectivity index (χ2n) is 4.09. The second-order valence-corrected chi connectivity index (χ2v) is 4.09. The van der Waals surface area contributed by atoms with Crippen LogP contribution < -0.4 is 5.32 Å². The first-order valence-corrected chi connectivity index (χ1v) is 5.24. The highest BCUT2D eigenvalue weighted by atomic mass is 16.5. The zero-order valence-corrected chi connectivity index (χ0v) is 9.36. The largest absolute Gasteiger partial charge is 0.453 e. The quantitative estimate of drug-likeness (QED) is 0.751. The van der Waals surface area contributed by atoms with Gasteiger partial charge in [-0.3, -0.25) is 0 Å². The molecule has 1 aliphatic rings. The summed E-state index contributed by atoms with van der Waals surface area (Å²) in [6, 6.07) is 5.67. The van der Waals surface area contributed by atoms with Crippen LogP contribution in [0, 0.1) is 6.92 Å². The van der Waals surface area contributed by atoms with Gasteiger partial charge < -0.3 is 15.2 Å². The van der Waals surface area contributed by atoms with Crippen molar-refractivity contribution >= 4 is 6.09 Å². The van der Waals surface area contributed by atoms with Gasteiger partial charge in [-0.2, -0.15) is 0 Å².